The van der Waals surface area contributed by atoms with Gasteiger partial charge in [-0.05, 0) is 37.5 Å². The molecule has 5 atom stereocenters. The first kappa shape index (κ1) is 13.1. The van der Waals surface area contributed by atoms with Crippen LogP contribution in [-0.2, 0) is 19.0 Å². The topological polar surface area (TPSA) is 44.8 Å². The standard InChI is InChI=1S/C16H24O4/c1-2-16(7-18-8-16)9-20-10-3-4-11-12(5-10)14-13(11)6-19-15(14)17/h10-14H,2-9H2,1H3. The van der Waals surface area contributed by atoms with E-state index in [4.69, 9.17) is 14.2 Å². The molecular formula is C16H24O4. The lowest BCUT2D eigenvalue weighted by atomic mass is 9.52. The van der Waals surface area contributed by atoms with Gasteiger partial charge in [-0.2, -0.15) is 0 Å². The first-order chi connectivity index (χ1) is 9.72. The molecular weight excluding hydrogens is 256 g/mol. The lowest BCUT2D eigenvalue weighted by molar-refractivity contribution is -0.175. The van der Waals surface area contributed by atoms with Gasteiger partial charge in [0.25, 0.3) is 0 Å². The second kappa shape index (κ2) is 4.70. The van der Waals surface area contributed by atoms with Crippen LogP contribution in [0.15, 0.2) is 0 Å². The first-order valence-electron chi connectivity index (χ1n) is 8.08. The summed E-state index contributed by atoms with van der Waals surface area (Å²) in [6, 6.07) is 0. The average Bonchev–Trinajstić information content (AvgIpc) is 2.72. The van der Waals surface area contributed by atoms with Gasteiger partial charge in [0.05, 0.1) is 38.4 Å². The van der Waals surface area contributed by atoms with Gasteiger partial charge in [0, 0.05) is 11.3 Å². The molecule has 0 aromatic carbocycles. The third kappa shape index (κ3) is 1.84. The maximum atomic E-state index is 11.7. The van der Waals surface area contributed by atoms with Crippen molar-refractivity contribution in [1.29, 1.82) is 0 Å². The number of esters is 1. The predicted molar refractivity (Wildman–Crippen MR) is 72.1 cm³/mol. The van der Waals surface area contributed by atoms with Crippen molar-refractivity contribution in [2.75, 3.05) is 26.4 Å². The maximum absolute atomic E-state index is 11.7. The molecule has 2 saturated heterocycles. The lowest BCUT2D eigenvalue weighted by Gasteiger charge is -2.51. The van der Waals surface area contributed by atoms with E-state index in [1.807, 2.05) is 0 Å². The zero-order valence-electron chi connectivity index (χ0n) is 12.2. The quantitative estimate of drug-likeness (QED) is 0.739. The van der Waals surface area contributed by atoms with Crippen LogP contribution >= 0.6 is 0 Å². The highest BCUT2D eigenvalue weighted by molar-refractivity contribution is 5.76. The molecule has 0 radical (unpaired) electrons. The van der Waals surface area contributed by atoms with E-state index in [0.717, 1.165) is 45.0 Å². The molecule has 5 unspecified atom stereocenters. The third-order valence-electron chi connectivity index (χ3n) is 6.26. The number of carbonyl (C=O) groups is 1. The van der Waals surface area contributed by atoms with Crippen molar-refractivity contribution in [2.45, 2.75) is 38.7 Å². The summed E-state index contributed by atoms with van der Waals surface area (Å²) >= 11 is 0. The van der Waals surface area contributed by atoms with Crippen LogP contribution < -0.4 is 0 Å². The van der Waals surface area contributed by atoms with Crippen LogP contribution in [0.2, 0.25) is 0 Å². The number of rotatable bonds is 4. The fraction of sp³-hybridized carbons (Fsp3) is 0.938. The fourth-order valence-corrected chi connectivity index (χ4v) is 4.65. The van der Waals surface area contributed by atoms with E-state index < -0.39 is 0 Å². The zero-order valence-corrected chi connectivity index (χ0v) is 12.2. The highest BCUT2D eigenvalue weighted by atomic mass is 16.5. The third-order valence-corrected chi connectivity index (χ3v) is 6.26. The molecule has 0 N–H and O–H groups in total. The monoisotopic (exact) mass is 280 g/mol. The van der Waals surface area contributed by atoms with Crippen LogP contribution in [0.25, 0.3) is 0 Å². The Labute approximate surface area is 120 Å². The molecule has 0 aromatic rings. The number of hydrogen-bond acceptors (Lipinski definition) is 4. The number of hydrogen-bond donors (Lipinski definition) is 0. The van der Waals surface area contributed by atoms with Crippen molar-refractivity contribution < 1.29 is 19.0 Å². The second-order valence-corrected chi connectivity index (χ2v) is 7.24. The maximum Gasteiger partial charge on any atom is 0.309 e. The SMILES string of the molecule is CCC1(COC2CCC3C4COC(=O)C4C3C2)COC1. The summed E-state index contributed by atoms with van der Waals surface area (Å²) in [5, 5.41) is 0. The van der Waals surface area contributed by atoms with Crippen molar-refractivity contribution >= 4 is 5.97 Å². The van der Waals surface area contributed by atoms with Crippen molar-refractivity contribution in [2.24, 2.45) is 29.1 Å². The molecule has 4 heteroatoms. The highest BCUT2D eigenvalue weighted by Gasteiger charge is 2.59. The average molecular weight is 280 g/mol. The Morgan fingerprint density at radius 1 is 1.25 bits per heavy atom. The summed E-state index contributed by atoms with van der Waals surface area (Å²) in [7, 11) is 0. The molecule has 2 aliphatic carbocycles. The molecule has 112 valence electrons. The van der Waals surface area contributed by atoms with E-state index in [0.29, 0.717) is 24.5 Å². The Morgan fingerprint density at radius 3 is 2.80 bits per heavy atom. The Hall–Kier alpha value is -0.610. The highest BCUT2D eigenvalue weighted by Crippen LogP contribution is 2.57. The van der Waals surface area contributed by atoms with Crippen LogP contribution in [-0.4, -0.2) is 38.5 Å². The van der Waals surface area contributed by atoms with Gasteiger partial charge in [-0.3, -0.25) is 4.79 Å². The minimum Gasteiger partial charge on any atom is -0.465 e. The lowest BCUT2D eigenvalue weighted by Crippen LogP contribution is -2.52. The van der Waals surface area contributed by atoms with Crippen molar-refractivity contribution in [3.8, 4) is 0 Å². The number of ether oxygens (including phenoxy) is 3. The molecule has 0 bridgehead atoms. The first-order valence-corrected chi connectivity index (χ1v) is 8.08. The number of carbonyl (C=O) groups excluding carboxylic acids is 1. The van der Waals surface area contributed by atoms with Crippen LogP contribution in [0, 0.1) is 29.1 Å². The molecule has 0 aromatic heterocycles. The minimum absolute atomic E-state index is 0.0503. The van der Waals surface area contributed by atoms with Gasteiger partial charge in [-0.15, -0.1) is 0 Å². The second-order valence-electron chi connectivity index (χ2n) is 7.24. The van der Waals surface area contributed by atoms with Gasteiger partial charge < -0.3 is 14.2 Å². The van der Waals surface area contributed by atoms with E-state index in [2.05, 4.69) is 6.92 Å². The minimum atomic E-state index is 0.0503. The van der Waals surface area contributed by atoms with E-state index in [1.54, 1.807) is 0 Å². The van der Waals surface area contributed by atoms with Gasteiger partial charge in [0.15, 0.2) is 0 Å². The van der Waals surface area contributed by atoms with E-state index >= 15 is 0 Å². The Balaban J connectivity index is 1.32. The molecule has 4 fully saturated rings. The van der Waals surface area contributed by atoms with E-state index in [1.165, 1.54) is 6.42 Å². The van der Waals surface area contributed by atoms with Gasteiger partial charge in [-0.1, -0.05) is 6.92 Å². The van der Waals surface area contributed by atoms with Gasteiger partial charge >= 0.3 is 5.97 Å². The van der Waals surface area contributed by atoms with Crippen LogP contribution in [0.3, 0.4) is 0 Å². The molecule has 2 saturated carbocycles. The summed E-state index contributed by atoms with van der Waals surface area (Å²) in [5.41, 5.74) is 0.269. The number of fused-ring (bicyclic) bond motifs is 4. The molecule has 0 spiro atoms. The molecule has 4 aliphatic rings. The summed E-state index contributed by atoms with van der Waals surface area (Å²) in [6.07, 6.45) is 4.89. The van der Waals surface area contributed by atoms with Gasteiger partial charge in [0.2, 0.25) is 0 Å². The predicted octanol–water partition coefficient (Wildman–Crippen LogP) is 2.02. The molecule has 4 rings (SSSR count). The molecule has 2 heterocycles. The molecule has 0 amide bonds. The van der Waals surface area contributed by atoms with Gasteiger partial charge in [0.1, 0.15) is 0 Å². The normalized spacial score (nSPS) is 44.9. The van der Waals surface area contributed by atoms with Crippen molar-refractivity contribution in [3.05, 3.63) is 0 Å². The molecule has 2 aliphatic heterocycles. The molecule has 4 nitrogen and oxygen atoms in total. The zero-order chi connectivity index (χ0) is 13.7. The van der Waals surface area contributed by atoms with Crippen LogP contribution in [0.4, 0.5) is 0 Å². The largest absolute Gasteiger partial charge is 0.465 e. The fourth-order valence-electron chi connectivity index (χ4n) is 4.65. The summed E-state index contributed by atoms with van der Waals surface area (Å²) in [5.74, 6) is 2.02. The van der Waals surface area contributed by atoms with Gasteiger partial charge in [-0.25, -0.2) is 0 Å². The van der Waals surface area contributed by atoms with E-state index in [9.17, 15) is 4.79 Å². The van der Waals surface area contributed by atoms with Crippen molar-refractivity contribution in [1.82, 2.24) is 0 Å². The Bertz CT molecular complexity index is 398. The Kier molecular flexibility index (Phi) is 3.08. The smallest absolute Gasteiger partial charge is 0.309 e. The summed E-state index contributed by atoms with van der Waals surface area (Å²) in [6.45, 7) is 5.41. The summed E-state index contributed by atoms with van der Waals surface area (Å²) in [4.78, 5) is 11.7. The van der Waals surface area contributed by atoms with Crippen LogP contribution in [0.1, 0.15) is 32.6 Å². The van der Waals surface area contributed by atoms with Crippen LogP contribution in [0.5, 0.6) is 0 Å². The van der Waals surface area contributed by atoms with Crippen molar-refractivity contribution in [3.63, 3.8) is 0 Å². The van der Waals surface area contributed by atoms with E-state index in [-0.39, 0.29) is 17.3 Å². The summed E-state index contributed by atoms with van der Waals surface area (Å²) < 4.78 is 16.8. The number of cyclic esters (lactones) is 1. The molecule has 20 heavy (non-hydrogen) atoms. The Morgan fingerprint density at radius 2 is 2.10 bits per heavy atom.